The maximum absolute atomic E-state index is 11.5. The molecule has 3 nitrogen and oxygen atoms in total. The first-order valence-corrected chi connectivity index (χ1v) is 6.49. The number of nitrogens with one attached hydrogen (secondary N) is 1. The molecule has 1 aliphatic rings. The van der Waals surface area contributed by atoms with Gasteiger partial charge >= 0.3 is 5.97 Å². The molecule has 0 aromatic carbocycles. The smallest absolute Gasteiger partial charge is 0.323 e. The van der Waals surface area contributed by atoms with E-state index in [1.165, 1.54) is 12.8 Å². The van der Waals surface area contributed by atoms with E-state index < -0.39 is 11.5 Å². The van der Waals surface area contributed by atoms with Crippen molar-refractivity contribution in [2.24, 2.45) is 5.92 Å². The lowest BCUT2D eigenvalue weighted by molar-refractivity contribution is -0.146. The van der Waals surface area contributed by atoms with Gasteiger partial charge in [0.15, 0.2) is 0 Å². The minimum atomic E-state index is -0.666. The quantitative estimate of drug-likeness (QED) is 0.726. The average molecular weight is 227 g/mol. The summed E-state index contributed by atoms with van der Waals surface area (Å²) in [5.41, 5.74) is -0.666. The molecule has 3 heteroatoms. The maximum Gasteiger partial charge on any atom is 0.323 e. The third kappa shape index (κ3) is 3.21. The number of carboxylic acids is 1. The van der Waals surface area contributed by atoms with Crippen LogP contribution in [0.1, 0.15) is 59.3 Å². The molecular weight excluding hydrogens is 202 g/mol. The Hall–Kier alpha value is -0.570. The van der Waals surface area contributed by atoms with E-state index in [4.69, 9.17) is 0 Å². The molecule has 1 atom stereocenters. The first kappa shape index (κ1) is 13.5. The molecule has 1 fully saturated rings. The van der Waals surface area contributed by atoms with E-state index in [1.807, 2.05) is 0 Å². The lowest BCUT2D eigenvalue weighted by Crippen LogP contribution is -2.56. The van der Waals surface area contributed by atoms with E-state index in [0.29, 0.717) is 5.92 Å². The lowest BCUT2D eigenvalue weighted by Gasteiger charge is -2.34. The highest BCUT2D eigenvalue weighted by atomic mass is 16.4. The first-order chi connectivity index (χ1) is 7.48. The Morgan fingerprint density at radius 3 is 2.00 bits per heavy atom. The van der Waals surface area contributed by atoms with Gasteiger partial charge in [-0.25, -0.2) is 0 Å². The van der Waals surface area contributed by atoms with E-state index in [2.05, 4.69) is 26.1 Å². The summed E-state index contributed by atoms with van der Waals surface area (Å²) in [6.07, 6.45) is 5.96. The Balaban J connectivity index is 2.74. The van der Waals surface area contributed by atoms with Gasteiger partial charge in [-0.2, -0.15) is 0 Å². The maximum atomic E-state index is 11.5. The number of hydrogen-bond acceptors (Lipinski definition) is 2. The Kier molecular flexibility index (Phi) is 4.78. The van der Waals surface area contributed by atoms with Gasteiger partial charge in [0, 0.05) is 6.04 Å². The fourth-order valence-corrected chi connectivity index (χ4v) is 2.35. The number of carbonyl (C=O) groups is 1. The van der Waals surface area contributed by atoms with Crippen molar-refractivity contribution in [1.29, 1.82) is 0 Å². The van der Waals surface area contributed by atoms with Crippen LogP contribution in [0.2, 0.25) is 0 Å². The summed E-state index contributed by atoms with van der Waals surface area (Å²) in [7, 11) is 0. The Labute approximate surface area is 98.6 Å². The summed E-state index contributed by atoms with van der Waals surface area (Å²) in [4.78, 5) is 11.5. The number of aliphatic carboxylic acids is 1. The average Bonchev–Trinajstić information content (AvgIpc) is 2.44. The molecule has 2 N–H and O–H groups in total. The molecule has 16 heavy (non-hydrogen) atoms. The molecule has 0 heterocycles. The second-order valence-electron chi connectivity index (χ2n) is 5.48. The third-order valence-corrected chi connectivity index (χ3v) is 3.87. The molecule has 1 unspecified atom stereocenters. The topological polar surface area (TPSA) is 49.3 Å². The normalized spacial score (nSPS) is 22.8. The number of rotatable bonds is 4. The molecule has 0 aromatic rings. The Morgan fingerprint density at radius 1 is 1.12 bits per heavy atom. The van der Waals surface area contributed by atoms with Crippen LogP contribution in [0.5, 0.6) is 0 Å². The van der Waals surface area contributed by atoms with Crippen LogP contribution in [-0.2, 0) is 4.79 Å². The molecule has 0 aromatic heterocycles. The van der Waals surface area contributed by atoms with Crippen molar-refractivity contribution >= 4 is 5.97 Å². The zero-order valence-electron chi connectivity index (χ0n) is 10.8. The van der Waals surface area contributed by atoms with Crippen molar-refractivity contribution in [2.45, 2.75) is 70.9 Å². The second kappa shape index (κ2) is 5.67. The van der Waals surface area contributed by atoms with Gasteiger partial charge in [0.2, 0.25) is 0 Å². The van der Waals surface area contributed by atoms with Gasteiger partial charge in [-0.15, -0.1) is 0 Å². The monoisotopic (exact) mass is 227 g/mol. The largest absolute Gasteiger partial charge is 0.480 e. The molecule has 94 valence electrons. The van der Waals surface area contributed by atoms with Gasteiger partial charge < -0.3 is 5.11 Å². The highest BCUT2D eigenvalue weighted by Gasteiger charge is 2.39. The molecule has 1 aliphatic carbocycles. The number of carboxylic acid groups (broad SMARTS) is 1. The summed E-state index contributed by atoms with van der Waals surface area (Å²) in [5, 5.41) is 12.9. The molecule has 1 saturated carbocycles. The molecule has 0 amide bonds. The zero-order chi connectivity index (χ0) is 12.2. The van der Waals surface area contributed by atoms with E-state index in [1.54, 1.807) is 0 Å². The minimum Gasteiger partial charge on any atom is -0.480 e. The summed E-state index contributed by atoms with van der Waals surface area (Å²) in [6.45, 7) is 6.34. The van der Waals surface area contributed by atoms with Crippen molar-refractivity contribution in [2.75, 3.05) is 0 Å². The number of hydrogen-bond donors (Lipinski definition) is 2. The van der Waals surface area contributed by atoms with Crippen LogP contribution in [0, 0.1) is 5.92 Å². The van der Waals surface area contributed by atoms with Crippen molar-refractivity contribution in [3.8, 4) is 0 Å². The summed E-state index contributed by atoms with van der Waals surface area (Å²) in [5.74, 6) is -0.193. The molecule has 0 aliphatic heterocycles. The summed E-state index contributed by atoms with van der Waals surface area (Å²) >= 11 is 0. The standard InChI is InChI=1S/C13H25NO2/c1-10(2)11(3)14-13(12(15)16)8-6-4-5-7-9-13/h10-11,14H,4-9H2,1-3H3,(H,15,16). The highest BCUT2D eigenvalue weighted by molar-refractivity contribution is 5.78. The molecule has 0 spiro atoms. The van der Waals surface area contributed by atoms with Crippen LogP contribution in [0.4, 0.5) is 0 Å². The Morgan fingerprint density at radius 2 is 1.62 bits per heavy atom. The predicted molar refractivity (Wildman–Crippen MR) is 65.5 cm³/mol. The predicted octanol–water partition coefficient (Wildman–Crippen LogP) is 2.80. The van der Waals surface area contributed by atoms with Crippen molar-refractivity contribution < 1.29 is 9.90 Å². The van der Waals surface area contributed by atoms with Crippen molar-refractivity contribution in [1.82, 2.24) is 5.32 Å². The van der Waals surface area contributed by atoms with E-state index in [0.717, 1.165) is 25.7 Å². The third-order valence-electron chi connectivity index (χ3n) is 3.87. The molecule has 0 radical (unpaired) electrons. The van der Waals surface area contributed by atoms with Gasteiger partial charge in [-0.3, -0.25) is 10.1 Å². The van der Waals surface area contributed by atoms with E-state index in [9.17, 15) is 9.90 Å². The fourth-order valence-electron chi connectivity index (χ4n) is 2.35. The van der Waals surface area contributed by atoms with Crippen LogP contribution >= 0.6 is 0 Å². The van der Waals surface area contributed by atoms with Gasteiger partial charge in [0.05, 0.1) is 0 Å². The first-order valence-electron chi connectivity index (χ1n) is 6.49. The van der Waals surface area contributed by atoms with Crippen molar-refractivity contribution in [3.05, 3.63) is 0 Å². The summed E-state index contributed by atoms with van der Waals surface area (Å²) < 4.78 is 0. The van der Waals surface area contributed by atoms with Gasteiger partial charge in [-0.05, 0) is 25.7 Å². The molecule has 0 saturated heterocycles. The van der Waals surface area contributed by atoms with Gasteiger partial charge in [0.1, 0.15) is 5.54 Å². The van der Waals surface area contributed by atoms with Crippen molar-refractivity contribution in [3.63, 3.8) is 0 Å². The van der Waals surface area contributed by atoms with Gasteiger partial charge in [-0.1, -0.05) is 39.5 Å². The fraction of sp³-hybridized carbons (Fsp3) is 0.923. The molecule has 0 bridgehead atoms. The lowest BCUT2D eigenvalue weighted by atomic mass is 9.88. The van der Waals surface area contributed by atoms with E-state index in [-0.39, 0.29) is 6.04 Å². The molecular formula is C13H25NO2. The second-order valence-corrected chi connectivity index (χ2v) is 5.48. The highest BCUT2D eigenvalue weighted by Crippen LogP contribution is 2.28. The minimum absolute atomic E-state index is 0.259. The zero-order valence-corrected chi connectivity index (χ0v) is 10.8. The van der Waals surface area contributed by atoms with Crippen LogP contribution < -0.4 is 5.32 Å². The van der Waals surface area contributed by atoms with Crippen LogP contribution in [0.15, 0.2) is 0 Å². The SMILES string of the molecule is CC(C)C(C)NC1(C(=O)O)CCCCCC1. The van der Waals surface area contributed by atoms with Crippen LogP contribution in [0.25, 0.3) is 0 Å². The summed E-state index contributed by atoms with van der Waals surface area (Å²) in [6, 6.07) is 0.259. The Bertz CT molecular complexity index is 230. The van der Waals surface area contributed by atoms with E-state index >= 15 is 0 Å². The van der Waals surface area contributed by atoms with Gasteiger partial charge in [0.25, 0.3) is 0 Å². The van der Waals surface area contributed by atoms with Crippen LogP contribution in [0.3, 0.4) is 0 Å². The molecule has 1 rings (SSSR count). The van der Waals surface area contributed by atoms with Crippen LogP contribution in [-0.4, -0.2) is 22.7 Å².